The molecule has 0 aliphatic heterocycles. The summed E-state index contributed by atoms with van der Waals surface area (Å²) >= 11 is 2.91. The molecular weight excluding hydrogens is 312 g/mol. The van der Waals surface area contributed by atoms with Gasteiger partial charge in [0.25, 0.3) is 0 Å². The zero-order chi connectivity index (χ0) is 13.9. The molecule has 0 fully saturated rings. The standard InChI is InChI=1S/C11H12BrF2NO3/c1-11(17,10(16)18-2)5-15-9-3-6(12)7(13)4-8(9)14/h3-4,15,17H,5H2,1-2H3. The molecule has 1 unspecified atom stereocenters. The molecule has 0 spiro atoms. The Kier molecular flexibility index (Phi) is 4.64. The molecule has 0 aliphatic carbocycles. The lowest BCUT2D eigenvalue weighted by molar-refractivity contribution is -0.158. The summed E-state index contributed by atoms with van der Waals surface area (Å²) in [6, 6.07) is 1.87. The van der Waals surface area contributed by atoms with Crippen molar-refractivity contribution in [2.75, 3.05) is 19.0 Å². The summed E-state index contributed by atoms with van der Waals surface area (Å²) in [5.74, 6) is -2.41. The second-order valence-electron chi connectivity index (χ2n) is 3.87. The zero-order valence-electron chi connectivity index (χ0n) is 9.76. The number of benzene rings is 1. The van der Waals surface area contributed by atoms with E-state index in [9.17, 15) is 18.7 Å². The van der Waals surface area contributed by atoms with Gasteiger partial charge in [0.05, 0.1) is 23.8 Å². The fraction of sp³-hybridized carbons (Fsp3) is 0.364. The van der Waals surface area contributed by atoms with Crippen LogP contribution in [0.5, 0.6) is 0 Å². The SMILES string of the molecule is COC(=O)C(C)(O)CNc1cc(Br)c(F)cc1F. The lowest BCUT2D eigenvalue weighted by Gasteiger charge is -2.21. The van der Waals surface area contributed by atoms with E-state index in [1.165, 1.54) is 13.0 Å². The second-order valence-corrected chi connectivity index (χ2v) is 4.72. The molecule has 0 aliphatic rings. The molecule has 7 heteroatoms. The van der Waals surface area contributed by atoms with Crippen LogP contribution in [0.3, 0.4) is 0 Å². The minimum absolute atomic E-state index is 0.0348. The molecule has 2 N–H and O–H groups in total. The third-order valence-electron chi connectivity index (χ3n) is 2.26. The van der Waals surface area contributed by atoms with Gasteiger partial charge in [-0.25, -0.2) is 13.6 Å². The maximum atomic E-state index is 13.4. The molecule has 0 saturated carbocycles. The normalized spacial score (nSPS) is 13.9. The average molecular weight is 324 g/mol. The van der Waals surface area contributed by atoms with Crippen molar-refractivity contribution in [2.45, 2.75) is 12.5 Å². The van der Waals surface area contributed by atoms with Gasteiger partial charge < -0.3 is 15.2 Å². The summed E-state index contributed by atoms with van der Waals surface area (Å²) < 4.78 is 30.8. The van der Waals surface area contributed by atoms with E-state index in [0.29, 0.717) is 6.07 Å². The number of nitrogens with one attached hydrogen (secondary N) is 1. The number of rotatable bonds is 4. The van der Waals surface area contributed by atoms with Crippen molar-refractivity contribution in [1.82, 2.24) is 0 Å². The van der Waals surface area contributed by atoms with E-state index in [1.807, 2.05) is 0 Å². The van der Waals surface area contributed by atoms with Crippen molar-refractivity contribution in [3.05, 3.63) is 28.2 Å². The van der Waals surface area contributed by atoms with E-state index in [4.69, 9.17) is 0 Å². The third kappa shape index (κ3) is 3.39. The summed E-state index contributed by atoms with van der Waals surface area (Å²) in [5.41, 5.74) is -1.84. The first kappa shape index (κ1) is 14.8. The Morgan fingerprint density at radius 1 is 1.50 bits per heavy atom. The van der Waals surface area contributed by atoms with E-state index >= 15 is 0 Å². The van der Waals surface area contributed by atoms with Crippen molar-refractivity contribution in [1.29, 1.82) is 0 Å². The molecule has 0 aromatic heterocycles. The van der Waals surface area contributed by atoms with Crippen LogP contribution in [-0.4, -0.2) is 30.3 Å². The van der Waals surface area contributed by atoms with Gasteiger partial charge in [-0.05, 0) is 28.9 Å². The number of carbonyl (C=O) groups excluding carboxylic acids is 1. The lowest BCUT2D eigenvalue weighted by atomic mass is 10.1. The summed E-state index contributed by atoms with van der Waals surface area (Å²) in [5, 5.41) is 12.2. The van der Waals surface area contributed by atoms with E-state index in [0.717, 1.165) is 7.11 Å². The van der Waals surface area contributed by atoms with Gasteiger partial charge in [-0.15, -0.1) is 0 Å². The highest BCUT2D eigenvalue weighted by Gasteiger charge is 2.31. The Labute approximate surface area is 111 Å². The molecule has 1 atom stereocenters. The van der Waals surface area contributed by atoms with Crippen molar-refractivity contribution in [3.8, 4) is 0 Å². The van der Waals surface area contributed by atoms with Gasteiger partial charge in [0, 0.05) is 6.07 Å². The van der Waals surface area contributed by atoms with E-state index in [2.05, 4.69) is 26.0 Å². The molecule has 1 aromatic carbocycles. The van der Waals surface area contributed by atoms with Crippen LogP contribution in [0.25, 0.3) is 0 Å². The Balaban J connectivity index is 2.81. The number of carbonyl (C=O) groups is 1. The topological polar surface area (TPSA) is 58.6 Å². The van der Waals surface area contributed by atoms with Crippen LogP contribution < -0.4 is 5.32 Å². The zero-order valence-corrected chi connectivity index (χ0v) is 11.3. The van der Waals surface area contributed by atoms with Crippen molar-refractivity contribution >= 4 is 27.6 Å². The molecule has 18 heavy (non-hydrogen) atoms. The number of aliphatic hydroxyl groups is 1. The first-order chi connectivity index (χ1) is 8.27. The molecule has 1 aromatic rings. The minimum Gasteiger partial charge on any atom is -0.467 e. The Hall–Kier alpha value is -1.21. The molecule has 100 valence electrons. The second kappa shape index (κ2) is 5.62. The van der Waals surface area contributed by atoms with Gasteiger partial charge in [-0.1, -0.05) is 0 Å². The van der Waals surface area contributed by atoms with Crippen LogP contribution in [0.1, 0.15) is 6.92 Å². The number of ether oxygens (including phenoxy) is 1. The van der Waals surface area contributed by atoms with Gasteiger partial charge >= 0.3 is 5.97 Å². The van der Waals surface area contributed by atoms with Crippen LogP contribution in [0.15, 0.2) is 16.6 Å². The molecule has 0 amide bonds. The Bertz CT molecular complexity index is 466. The minimum atomic E-state index is -1.80. The molecule has 0 saturated heterocycles. The number of hydrogen-bond acceptors (Lipinski definition) is 4. The quantitative estimate of drug-likeness (QED) is 0.658. The monoisotopic (exact) mass is 323 g/mol. The molecular formula is C11H12BrF2NO3. The number of methoxy groups -OCH3 is 1. The fourth-order valence-corrected chi connectivity index (χ4v) is 1.56. The van der Waals surface area contributed by atoms with Crippen LogP contribution >= 0.6 is 15.9 Å². The highest BCUT2D eigenvalue weighted by Crippen LogP contribution is 2.24. The molecule has 4 nitrogen and oxygen atoms in total. The number of halogens is 3. The van der Waals surface area contributed by atoms with Gasteiger partial charge in [-0.3, -0.25) is 0 Å². The Morgan fingerprint density at radius 3 is 2.67 bits per heavy atom. The highest BCUT2D eigenvalue weighted by molar-refractivity contribution is 9.10. The molecule has 0 bridgehead atoms. The Morgan fingerprint density at radius 2 is 2.11 bits per heavy atom. The first-order valence-corrected chi connectivity index (χ1v) is 5.76. The predicted molar refractivity (Wildman–Crippen MR) is 65.2 cm³/mol. The highest BCUT2D eigenvalue weighted by atomic mass is 79.9. The first-order valence-electron chi connectivity index (χ1n) is 4.97. The van der Waals surface area contributed by atoms with E-state index in [1.54, 1.807) is 0 Å². The van der Waals surface area contributed by atoms with Crippen molar-refractivity contribution in [3.63, 3.8) is 0 Å². The maximum absolute atomic E-state index is 13.4. The number of anilines is 1. The summed E-state index contributed by atoms with van der Waals surface area (Å²) in [6.07, 6.45) is 0. The van der Waals surface area contributed by atoms with Crippen molar-refractivity contribution < 1.29 is 23.4 Å². The number of hydrogen-bond donors (Lipinski definition) is 2. The molecule has 0 radical (unpaired) electrons. The largest absolute Gasteiger partial charge is 0.467 e. The fourth-order valence-electron chi connectivity index (χ4n) is 1.22. The van der Waals surface area contributed by atoms with Gasteiger partial charge in [-0.2, -0.15) is 0 Å². The van der Waals surface area contributed by atoms with Crippen LogP contribution in [0.4, 0.5) is 14.5 Å². The van der Waals surface area contributed by atoms with Crippen LogP contribution in [-0.2, 0) is 9.53 Å². The van der Waals surface area contributed by atoms with E-state index < -0.39 is 23.2 Å². The van der Waals surface area contributed by atoms with E-state index in [-0.39, 0.29) is 16.7 Å². The summed E-state index contributed by atoms with van der Waals surface area (Å²) in [7, 11) is 1.13. The van der Waals surface area contributed by atoms with Crippen LogP contribution in [0, 0.1) is 11.6 Å². The number of esters is 1. The van der Waals surface area contributed by atoms with Crippen LogP contribution in [0.2, 0.25) is 0 Å². The van der Waals surface area contributed by atoms with Gasteiger partial charge in [0.1, 0.15) is 11.6 Å². The van der Waals surface area contributed by atoms with Crippen molar-refractivity contribution in [2.24, 2.45) is 0 Å². The van der Waals surface area contributed by atoms with Gasteiger partial charge in [0.15, 0.2) is 5.60 Å². The molecule has 1 rings (SSSR count). The lowest BCUT2D eigenvalue weighted by Crippen LogP contribution is -2.42. The predicted octanol–water partition coefficient (Wildman–Crippen LogP) is 2.06. The maximum Gasteiger partial charge on any atom is 0.339 e. The van der Waals surface area contributed by atoms with Gasteiger partial charge in [0.2, 0.25) is 0 Å². The molecule has 0 heterocycles. The smallest absolute Gasteiger partial charge is 0.339 e. The third-order valence-corrected chi connectivity index (χ3v) is 2.87. The average Bonchev–Trinajstić information content (AvgIpc) is 2.31. The summed E-state index contributed by atoms with van der Waals surface area (Å²) in [6.45, 7) is 0.955. The summed E-state index contributed by atoms with van der Waals surface area (Å²) in [4.78, 5) is 11.2.